The Kier molecular flexibility index (Phi) is 3.74. The normalized spacial score (nSPS) is 12.5. The maximum atomic E-state index is 13.1. The lowest BCUT2D eigenvalue weighted by Gasteiger charge is -2.10. The Hall–Kier alpha value is -1.49. The van der Waals surface area contributed by atoms with Crippen LogP contribution in [0.4, 0.5) is 8.78 Å². The van der Waals surface area contributed by atoms with E-state index in [0.29, 0.717) is 0 Å². The number of ether oxygens (including phenoxy) is 1. The molecule has 15 heavy (non-hydrogen) atoms. The second-order valence-corrected chi connectivity index (χ2v) is 2.98. The van der Waals surface area contributed by atoms with Crippen LogP contribution in [0.3, 0.4) is 0 Å². The Morgan fingerprint density at radius 3 is 2.73 bits per heavy atom. The fraction of sp³-hybridized carbons (Fsp3) is 0.300. The van der Waals surface area contributed by atoms with Gasteiger partial charge in [0.15, 0.2) is 17.7 Å². The van der Waals surface area contributed by atoms with Crippen LogP contribution in [0.15, 0.2) is 18.2 Å². The third-order valence-electron chi connectivity index (χ3n) is 2.00. The Balaban J connectivity index is 2.88. The topological polar surface area (TPSA) is 46.5 Å². The van der Waals surface area contributed by atoms with Crippen LogP contribution in [0.25, 0.3) is 0 Å². The van der Waals surface area contributed by atoms with E-state index in [0.717, 1.165) is 6.07 Å². The van der Waals surface area contributed by atoms with Crippen molar-refractivity contribution in [3.63, 3.8) is 0 Å². The smallest absolute Gasteiger partial charge is 0.333 e. The monoisotopic (exact) mass is 216 g/mol. The quantitative estimate of drug-likeness (QED) is 0.831. The van der Waals surface area contributed by atoms with E-state index in [-0.39, 0.29) is 12.0 Å². The predicted octanol–water partition coefficient (Wildman–Crippen LogP) is 1.61. The zero-order valence-corrected chi connectivity index (χ0v) is 8.04. The summed E-state index contributed by atoms with van der Waals surface area (Å²) in [6.45, 7) is 0. The van der Waals surface area contributed by atoms with Crippen LogP contribution in [0, 0.1) is 11.6 Å². The van der Waals surface area contributed by atoms with Gasteiger partial charge in [-0.15, -0.1) is 0 Å². The van der Waals surface area contributed by atoms with Crippen LogP contribution in [0.1, 0.15) is 5.56 Å². The molecule has 1 unspecified atom stereocenters. The summed E-state index contributed by atoms with van der Waals surface area (Å²) in [4.78, 5) is 10.6. The first-order chi connectivity index (χ1) is 7.06. The van der Waals surface area contributed by atoms with Gasteiger partial charge in [-0.25, -0.2) is 13.6 Å². The summed E-state index contributed by atoms with van der Waals surface area (Å²) in [5, 5.41) is 8.65. The molecule has 0 aromatic heterocycles. The molecule has 5 heteroatoms. The molecule has 1 rings (SSSR count). The lowest BCUT2D eigenvalue weighted by Crippen LogP contribution is -2.25. The molecule has 0 heterocycles. The van der Waals surface area contributed by atoms with E-state index in [1.807, 2.05) is 0 Å². The summed E-state index contributed by atoms with van der Waals surface area (Å²) in [7, 11) is 1.20. The molecule has 1 aromatic carbocycles. The Morgan fingerprint density at radius 1 is 1.53 bits per heavy atom. The van der Waals surface area contributed by atoms with Gasteiger partial charge < -0.3 is 9.84 Å². The molecule has 0 aliphatic carbocycles. The SMILES string of the molecule is COC(Cc1cccc(F)c1F)C(=O)O. The molecule has 3 nitrogen and oxygen atoms in total. The molecule has 1 atom stereocenters. The van der Waals surface area contributed by atoms with Crippen LogP contribution >= 0.6 is 0 Å². The van der Waals surface area contributed by atoms with E-state index in [4.69, 9.17) is 5.11 Å². The third-order valence-corrected chi connectivity index (χ3v) is 2.00. The molecule has 1 N–H and O–H groups in total. The maximum Gasteiger partial charge on any atom is 0.333 e. The highest BCUT2D eigenvalue weighted by Gasteiger charge is 2.19. The lowest BCUT2D eigenvalue weighted by molar-refractivity contribution is -0.148. The minimum atomic E-state index is -1.21. The number of benzene rings is 1. The van der Waals surface area contributed by atoms with Gasteiger partial charge >= 0.3 is 5.97 Å². The van der Waals surface area contributed by atoms with E-state index in [2.05, 4.69) is 4.74 Å². The van der Waals surface area contributed by atoms with Crippen LogP contribution < -0.4 is 0 Å². The number of methoxy groups -OCH3 is 1. The van der Waals surface area contributed by atoms with Crippen molar-refractivity contribution in [1.82, 2.24) is 0 Å². The first kappa shape index (κ1) is 11.6. The highest BCUT2D eigenvalue weighted by molar-refractivity contribution is 5.72. The third kappa shape index (κ3) is 2.73. The number of rotatable bonds is 4. The molecule has 0 bridgehead atoms. The lowest BCUT2D eigenvalue weighted by atomic mass is 10.1. The van der Waals surface area contributed by atoms with E-state index in [1.54, 1.807) is 0 Å². The molecule has 0 saturated heterocycles. The second kappa shape index (κ2) is 4.84. The average Bonchev–Trinajstić information content (AvgIpc) is 2.19. The van der Waals surface area contributed by atoms with E-state index < -0.39 is 23.7 Å². The molecule has 0 spiro atoms. The van der Waals surface area contributed by atoms with Crippen LogP contribution in [0.2, 0.25) is 0 Å². The molecule has 1 aromatic rings. The molecular weight excluding hydrogens is 206 g/mol. The van der Waals surface area contributed by atoms with Gasteiger partial charge in [0.2, 0.25) is 0 Å². The molecule has 0 aliphatic heterocycles. The molecular formula is C10H10F2O3. The number of hydrogen-bond acceptors (Lipinski definition) is 2. The summed E-state index contributed by atoms with van der Waals surface area (Å²) in [6, 6.07) is 3.62. The fourth-order valence-corrected chi connectivity index (χ4v) is 1.18. The second-order valence-electron chi connectivity index (χ2n) is 2.98. The molecule has 0 fully saturated rings. The highest BCUT2D eigenvalue weighted by Crippen LogP contribution is 2.14. The number of carboxylic acid groups (broad SMARTS) is 1. The van der Waals surface area contributed by atoms with Gasteiger partial charge in [0.1, 0.15) is 0 Å². The van der Waals surface area contributed by atoms with Crippen LogP contribution in [0.5, 0.6) is 0 Å². The summed E-state index contributed by atoms with van der Waals surface area (Å²) >= 11 is 0. The first-order valence-corrected chi connectivity index (χ1v) is 4.24. The van der Waals surface area contributed by atoms with Crippen molar-refractivity contribution in [3.8, 4) is 0 Å². The molecule has 0 aliphatic rings. The van der Waals surface area contributed by atoms with Gasteiger partial charge in [0, 0.05) is 13.5 Å². The minimum absolute atomic E-state index is 0.00995. The number of aliphatic carboxylic acids is 1. The fourth-order valence-electron chi connectivity index (χ4n) is 1.18. The predicted molar refractivity (Wildman–Crippen MR) is 48.5 cm³/mol. The number of carboxylic acids is 1. The van der Waals surface area contributed by atoms with Crippen LogP contribution in [-0.4, -0.2) is 24.3 Å². The minimum Gasteiger partial charge on any atom is -0.479 e. The van der Waals surface area contributed by atoms with Gasteiger partial charge in [-0.1, -0.05) is 12.1 Å². The standard InChI is InChI=1S/C10H10F2O3/c1-15-8(10(13)14)5-6-3-2-4-7(11)9(6)12/h2-4,8H,5H2,1H3,(H,13,14). The summed E-state index contributed by atoms with van der Waals surface area (Å²) < 4.78 is 30.5. The Morgan fingerprint density at radius 2 is 2.20 bits per heavy atom. The Labute approximate surface area is 85.3 Å². The van der Waals surface area contributed by atoms with Crippen molar-refractivity contribution < 1.29 is 23.4 Å². The largest absolute Gasteiger partial charge is 0.479 e. The number of halogens is 2. The van der Waals surface area contributed by atoms with Crippen molar-refractivity contribution in [2.24, 2.45) is 0 Å². The zero-order valence-electron chi connectivity index (χ0n) is 8.04. The molecule has 0 radical (unpaired) electrons. The van der Waals surface area contributed by atoms with Gasteiger partial charge in [-0.3, -0.25) is 0 Å². The summed E-state index contributed by atoms with van der Waals surface area (Å²) in [6.07, 6.45) is -1.36. The number of carbonyl (C=O) groups is 1. The average molecular weight is 216 g/mol. The highest BCUT2D eigenvalue weighted by atomic mass is 19.2. The Bertz CT molecular complexity index is 366. The van der Waals surface area contributed by atoms with E-state index in [1.165, 1.54) is 19.2 Å². The summed E-state index contributed by atoms with van der Waals surface area (Å²) in [5.74, 6) is -3.23. The van der Waals surface area contributed by atoms with Crippen molar-refractivity contribution in [2.75, 3.05) is 7.11 Å². The van der Waals surface area contributed by atoms with Gasteiger partial charge in [0.05, 0.1) is 0 Å². The van der Waals surface area contributed by atoms with Gasteiger partial charge in [0.25, 0.3) is 0 Å². The van der Waals surface area contributed by atoms with Crippen molar-refractivity contribution in [1.29, 1.82) is 0 Å². The zero-order chi connectivity index (χ0) is 11.4. The number of hydrogen-bond donors (Lipinski definition) is 1. The molecule has 82 valence electrons. The maximum absolute atomic E-state index is 13.1. The van der Waals surface area contributed by atoms with Gasteiger partial charge in [-0.05, 0) is 11.6 Å². The van der Waals surface area contributed by atoms with Crippen molar-refractivity contribution in [2.45, 2.75) is 12.5 Å². The summed E-state index contributed by atoms with van der Waals surface area (Å²) in [5.41, 5.74) is -0.00995. The van der Waals surface area contributed by atoms with Gasteiger partial charge in [-0.2, -0.15) is 0 Å². The van der Waals surface area contributed by atoms with Crippen molar-refractivity contribution >= 4 is 5.97 Å². The van der Waals surface area contributed by atoms with E-state index in [9.17, 15) is 13.6 Å². The van der Waals surface area contributed by atoms with E-state index >= 15 is 0 Å². The van der Waals surface area contributed by atoms with Crippen molar-refractivity contribution in [3.05, 3.63) is 35.4 Å². The first-order valence-electron chi connectivity index (χ1n) is 4.24. The molecule has 0 amide bonds. The molecule has 0 saturated carbocycles. The van der Waals surface area contributed by atoms with Crippen LogP contribution in [-0.2, 0) is 16.0 Å².